The van der Waals surface area contributed by atoms with Gasteiger partial charge in [0.15, 0.2) is 11.5 Å². The molecule has 2 aromatic carbocycles. The highest BCUT2D eigenvalue weighted by atomic mass is 19.1. The third-order valence-electron chi connectivity index (χ3n) is 5.81. The molecule has 0 unspecified atom stereocenters. The lowest BCUT2D eigenvalue weighted by molar-refractivity contribution is 0.0784. The van der Waals surface area contributed by atoms with E-state index in [-0.39, 0.29) is 23.0 Å². The minimum absolute atomic E-state index is 0.0225. The molecule has 4 rings (SSSR count). The highest BCUT2D eigenvalue weighted by Gasteiger charge is 2.39. The Morgan fingerprint density at radius 2 is 1.78 bits per heavy atom. The highest BCUT2D eigenvalue weighted by Crippen LogP contribution is 2.42. The molecule has 1 amide bonds. The number of aryl methyl sites for hydroxylation is 1. The summed E-state index contributed by atoms with van der Waals surface area (Å²) in [5, 5.41) is 0. The normalized spacial score (nSPS) is 17.9. The zero-order chi connectivity index (χ0) is 22.8. The first kappa shape index (κ1) is 21.5. The second-order valence-corrected chi connectivity index (χ2v) is 7.77. The SMILES string of the molecule is COc1ccc([C@@H]2CN(C(=O)c3ccccc3F)C[C@H]2c2cc(=O)[nH]c(C)n2)cc1OC. The summed E-state index contributed by atoms with van der Waals surface area (Å²) in [6.45, 7) is 2.37. The molecule has 0 bridgehead atoms. The third kappa shape index (κ3) is 4.08. The van der Waals surface area contributed by atoms with Gasteiger partial charge in [0.1, 0.15) is 11.6 Å². The average molecular weight is 437 g/mol. The van der Waals surface area contributed by atoms with E-state index in [9.17, 15) is 14.0 Å². The van der Waals surface area contributed by atoms with Crippen LogP contribution in [-0.2, 0) is 0 Å². The Balaban J connectivity index is 1.75. The number of amides is 1. The van der Waals surface area contributed by atoms with Crippen LogP contribution >= 0.6 is 0 Å². The van der Waals surface area contributed by atoms with Crippen LogP contribution in [0.4, 0.5) is 4.39 Å². The molecule has 8 heteroatoms. The molecule has 2 heterocycles. The third-order valence-corrected chi connectivity index (χ3v) is 5.81. The first-order chi connectivity index (χ1) is 15.4. The maximum absolute atomic E-state index is 14.3. The van der Waals surface area contributed by atoms with Gasteiger partial charge in [-0.05, 0) is 36.8 Å². The Labute approximate surface area is 184 Å². The standard InChI is InChI=1S/C24H24FN3O4/c1-14-26-20(11-23(29)27-14)18-13-28(24(30)16-6-4-5-7-19(16)25)12-17(18)15-8-9-21(31-2)22(10-15)32-3/h4-11,17-18H,12-13H2,1-3H3,(H,26,27,29)/t17-,18+/m0/s1. The van der Waals surface area contributed by atoms with Crippen LogP contribution in [0, 0.1) is 12.7 Å². The molecule has 7 nitrogen and oxygen atoms in total. The number of methoxy groups -OCH3 is 2. The summed E-state index contributed by atoms with van der Waals surface area (Å²) >= 11 is 0. The van der Waals surface area contributed by atoms with Crippen molar-refractivity contribution in [2.75, 3.05) is 27.3 Å². The Morgan fingerprint density at radius 3 is 2.47 bits per heavy atom. The fraction of sp³-hybridized carbons (Fsp3) is 0.292. The molecule has 1 aromatic heterocycles. The van der Waals surface area contributed by atoms with Crippen molar-refractivity contribution in [3.05, 3.63) is 87.3 Å². The lowest BCUT2D eigenvalue weighted by Gasteiger charge is -2.19. The Morgan fingerprint density at radius 1 is 1.06 bits per heavy atom. The molecular weight excluding hydrogens is 413 g/mol. The van der Waals surface area contributed by atoms with E-state index in [2.05, 4.69) is 9.97 Å². The van der Waals surface area contributed by atoms with Gasteiger partial charge < -0.3 is 19.4 Å². The van der Waals surface area contributed by atoms with E-state index >= 15 is 0 Å². The summed E-state index contributed by atoms with van der Waals surface area (Å²) < 4.78 is 25.1. The number of nitrogens with zero attached hydrogens (tertiary/aromatic N) is 2. The van der Waals surface area contributed by atoms with Crippen LogP contribution in [0.1, 0.15) is 39.3 Å². The Kier molecular flexibility index (Phi) is 5.94. The van der Waals surface area contributed by atoms with Crippen LogP contribution in [-0.4, -0.2) is 48.1 Å². The molecule has 1 fully saturated rings. The quantitative estimate of drug-likeness (QED) is 0.662. The maximum atomic E-state index is 14.3. The van der Waals surface area contributed by atoms with Gasteiger partial charge in [0.25, 0.3) is 11.5 Å². The average Bonchev–Trinajstić information content (AvgIpc) is 3.23. The molecule has 0 radical (unpaired) electrons. The number of rotatable bonds is 5. The van der Waals surface area contributed by atoms with Crippen molar-refractivity contribution < 1.29 is 18.7 Å². The highest BCUT2D eigenvalue weighted by molar-refractivity contribution is 5.94. The van der Waals surface area contributed by atoms with E-state index in [4.69, 9.17) is 9.47 Å². The molecule has 1 aliphatic rings. The molecule has 2 atom stereocenters. The molecule has 0 saturated carbocycles. The van der Waals surface area contributed by atoms with Gasteiger partial charge in [-0.2, -0.15) is 0 Å². The number of aromatic nitrogens is 2. The fourth-order valence-electron chi connectivity index (χ4n) is 4.29. The van der Waals surface area contributed by atoms with Gasteiger partial charge in [-0.15, -0.1) is 0 Å². The molecule has 32 heavy (non-hydrogen) atoms. The van der Waals surface area contributed by atoms with Gasteiger partial charge in [-0.1, -0.05) is 18.2 Å². The number of benzene rings is 2. The van der Waals surface area contributed by atoms with Gasteiger partial charge in [0.2, 0.25) is 0 Å². The Hall–Kier alpha value is -3.68. The van der Waals surface area contributed by atoms with Gasteiger partial charge in [0.05, 0.1) is 25.5 Å². The zero-order valence-corrected chi connectivity index (χ0v) is 18.1. The van der Waals surface area contributed by atoms with Crippen molar-refractivity contribution in [3.63, 3.8) is 0 Å². The largest absolute Gasteiger partial charge is 0.493 e. The van der Waals surface area contributed by atoms with Gasteiger partial charge in [-0.25, -0.2) is 9.37 Å². The number of aromatic amines is 1. The van der Waals surface area contributed by atoms with Crippen LogP contribution < -0.4 is 15.0 Å². The molecular formula is C24H24FN3O4. The van der Waals surface area contributed by atoms with Crippen LogP contribution in [0.3, 0.4) is 0 Å². The summed E-state index contributed by atoms with van der Waals surface area (Å²) in [4.78, 5) is 34.0. The van der Waals surface area contributed by atoms with Crippen molar-refractivity contribution in [2.24, 2.45) is 0 Å². The number of carbonyl (C=O) groups excluding carboxylic acids is 1. The summed E-state index contributed by atoms with van der Waals surface area (Å²) in [6.07, 6.45) is 0. The first-order valence-electron chi connectivity index (χ1n) is 10.2. The minimum atomic E-state index is -0.561. The van der Waals surface area contributed by atoms with E-state index < -0.39 is 11.7 Å². The van der Waals surface area contributed by atoms with Gasteiger partial charge >= 0.3 is 0 Å². The number of ether oxygens (including phenoxy) is 2. The second-order valence-electron chi connectivity index (χ2n) is 7.77. The number of nitrogens with one attached hydrogen (secondary N) is 1. The maximum Gasteiger partial charge on any atom is 0.256 e. The second kappa shape index (κ2) is 8.82. The zero-order valence-electron chi connectivity index (χ0n) is 18.1. The Bertz CT molecular complexity index is 1210. The predicted molar refractivity (Wildman–Crippen MR) is 117 cm³/mol. The van der Waals surface area contributed by atoms with E-state index in [1.165, 1.54) is 18.2 Å². The van der Waals surface area contributed by atoms with E-state index in [0.717, 1.165) is 5.56 Å². The minimum Gasteiger partial charge on any atom is -0.493 e. The molecule has 1 N–H and O–H groups in total. The van der Waals surface area contributed by atoms with Crippen LogP contribution in [0.2, 0.25) is 0 Å². The number of likely N-dealkylation sites (tertiary alicyclic amines) is 1. The fourth-order valence-corrected chi connectivity index (χ4v) is 4.29. The monoisotopic (exact) mass is 437 g/mol. The summed E-state index contributed by atoms with van der Waals surface area (Å²) in [5.41, 5.74) is 1.28. The number of halogens is 1. The van der Waals surface area contributed by atoms with E-state index in [0.29, 0.717) is 36.1 Å². The van der Waals surface area contributed by atoms with Gasteiger partial charge in [0, 0.05) is 31.0 Å². The molecule has 0 aliphatic carbocycles. The summed E-state index contributed by atoms with van der Waals surface area (Å²) in [6, 6.07) is 13.0. The lowest BCUT2D eigenvalue weighted by atomic mass is 9.86. The number of H-pyrrole nitrogens is 1. The smallest absolute Gasteiger partial charge is 0.256 e. The van der Waals surface area contributed by atoms with Crippen LogP contribution in [0.25, 0.3) is 0 Å². The molecule has 0 spiro atoms. The summed E-state index contributed by atoms with van der Waals surface area (Å²) in [5.74, 6) is 0.292. The van der Waals surface area contributed by atoms with E-state index in [1.54, 1.807) is 38.2 Å². The number of carbonyl (C=O) groups is 1. The van der Waals surface area contributed by atoms with Crippen molar-refractivity contribution in [1.29, 1.82) is 0 Å². The van der Waals surface area contributed by atoms with Crippen molar-refractivity contribution in [3.8, 4) is 11.5 Å². The van der Waals surface area contributed by atoms with Crippen molar-refractivity contribution >= 4 is 5.91 Å². The van der Waals surface area contributed by atoms with E-state index in [1.807, 2.05) is 18.2 Å². The van der Waals surface area contributed by atoms with Crippen molar-refractivity contribution in [2.45, 2.75) is 18.8 Å². The molecule has 1 aliphatic heterocycles. The lowest BCUT2D eigenvalue weighted by Crippen LogP contribution is -2.29. The van der Waals surface area contributed by atoms with Crippen LogP contribution in [0.15, 0.2) is 53.3 Å². The first-order valence-corrected chi connectivity index (χ1v) is 10.2. The number of hydrogen-bond donors (Lipinski definition) is 1. The van der Waals surface area contributed by atoms with Crippen molar-refractivity contribution in [1.82, 2.24) is 14.9 Å². The molecule has 166 valence electrons. The van der Waals surface area contributed by atoms with Crippen LogP contribution in [0.5, 0.6) is 11.5 Å². The summed E-state index contributed by atoms with van der Waals surface area (Å²) in [7, 11) is 3.12. The molecule has 1 saturated heterocycles. The molecule has 3 aromatic rings. The topological polar surface area (TPSA) is 84.5 Å². The predicted octanol–water partition coefficient (Wildman–Crippen LogP) is 3.26. The van der Waals surface area contributed by atoms with Gasteiger partial charge in [-0.3, -0.25) is 9.59 Å². The number of hydrogen-bond acceptors (Lipinski definition) is 5.